The average molecular weight is 508 g/mol. The first-order valence-electron chi connectivity index (χ1n) is 12.4. The molecule has 1 aliphatic rings. The van der Waals surface area contributed by atoms with Gasteiger partial charge in [0.05, 0.1) is 12.7 Å². The van der Waals surface area contributed by atoms with E-state index in [-0.39, 0.29) is 37.2 Å². The van der Waals surface area contributed by atoms with E-state index in [1.807, 2.05) is 37.3 Å². The highest BCUT2D eigenvalue weighted by molar-refractivity contribution is 5.96. The topological polar surface area (TPSA) is 118 Å². The van der Waals surface area contributed by atoms with E-state index < -0.39 is 23.7 Å². The van der Waals surface area contributed by atoms with Crippen LogP contribution in [0.15, 0.2) is 48.8 Å². The zero-order chi connectivity index (χ0) is 26.6. The van der Waals surface area contributed by atoms with Crippen LogP contribution in [0.4, 0.5) is 15.4 Å². The van der Waals surface area contributed by atoms with Gasteiger partial charge < -0.3 is 19.4 Å². The SMILES string of the molecule is CC[C@@H]1CN(C(=O)OCc2ccccc2)C[C@@H]1C(=O)CN(C(=O)OC(C)(C)C)c1cnc2[nH]ccc2n1. The second-order valence-corrected chi connectivity index (χ2v) is 10.2. The predicted molar refractivity (Wildman–Crippen MR) is 138 cm³/mol. The number of fused-ring (bicyclic) bond motifs is 1. The molecule has 0 unspecified atom stereocenters. The minimum Gasteiger partial charge on any atom is -0.445 e. The Kier molecular flexibility index (Phi) is 7.75. The molecule has 2 aromatic heterocycles. The standard InChI is InChI=1S/C27H33N5O5/c1-5-19-14-31(25(34)36-17-18-9-7-6-8-10-18)15-20(19)22(33)16-32(26(35)37-27(2,3)4)23-13-29-24-21(30-23)11-12-28-24/h6-13,19-20H,5,14-17H2,1-4H3,(H,28,29)/t19-,20+/m1/s1. The van der Waals surface area contributed by atoms with Crippen LogP contribution in [-0.4, -0.2) is 63.1 Å². The molecule has 4 rings (SSSR count). The van der Waals surface area contributed by atoms with E-state index in [0.29, 0.717) is 24.1 Å². The summed E-state index contributed by atoms with van der Waals surface area (Å²) in [6.45, 7) is 7.84. The molecule has 2 atom stereocenters. The van der Waals surface area contributed by atoms with Crippen LogP contribution < -0.4 is 4.90 Å². The maximum absolute atomic E-state index is 13.5. The highest BCUT2D eigenvalue weighted by Crippen LogP contribution is 2.29. The number of nitrogens with one attached hydrogen (secondary N) is 1. The van der Waals surface area contributed by atoms with Crippen molar-refractivity contribution in [1.29, 1.82) is 0 Å². The van der Waals surface area contributed by atoms with Gasteiger partial charge in [-0.15, -0.1) is 0 Å². The molecule has 0 bridgehead atoms. The summed E-state index contributed by atoms with van der Waals surface area (Å²) in [6.07, 6.45) is 2.71. The lowest BCUT2D eigenvalue weighted by molar-refractivity contribution is -0.122. The van der Waals surface area contributed by atoms with Gasteiger partial charge >= 0.3 is 12.2 Å². The molecular weight excluding hydrogens is 474 g/mol. The van der Waals surface area contributed by atoms with Crippen molar-refractivity contribution in [3.05, 3.63) is 54.4 Å². The highest BCUT2D eigenvalue weighted by Gasteiger charge is 2.40. The summed E-state index contributed by atoms with van der Waals surface area (Å²) < 4.78 is 11.1. The average Bonchev–Trinajstić information content (AvgIpc) is 3.52. The molecule has 1 aliphatic heterocycles. The quantitative estimate of drug-likeness (QED) is 0.498. The Hall–Kier alpha value is -3.95. The number of aromatic nitrogens is 3. The lowest BCUT2D eigenvalue weighted by atomic mass is 9.90. The third-order valence-corrected chi connectivity index (χ3v) is 6.29. The fraction of sp³-hybridized carbons (Fsp3) is 0.444. The van der Waals surface area contributed by atoms with Gasteiger partial charge in [-0.05, 0) is 38.3 Å². The molecule has 10 nitrogen and oxygen atoms in total. The van der Waals surface area contributed by atoms with Crippen LogP contribution in [0.1, 0.15) is 39.7 Å². The molecule has 0 aliphatic carbocycles. The zero-order valence-corrected chi connectivity index (χ0v) is 21.6. The summed E-state index contributed by atoms with van der Waals surface area (Å²) in [7, 11) is 0. The third-order valence-electron chi connectivity index (χ3n) is 6.29. The maximum Gasteiger partial charge on any atom is 0.416 e. The summed E-state index contributed by atoms with van der Waals surface area (Å²) in [5.41, 5.74) is 1.27. The number of rotatable bonds is 7. The largest absolute Gasteiger partial charge is 0.445 e. The van der Waals surface area contributed by atoms with E-state index in [4.69, 9.17) is 9.47 Å². The van der Waals surface area contributed by atoms with Gasteiger partial charge in [0.2, 0.25) is 0 Å². The minimum atomic E-state index is -0.761. The van der Waals surface area contributed by atoms with Gasteiger partial charge in [0.15, 0.2) is 17.2 Å². The molecule has 10 heteroatoms. The number of likely N-dealkylation sites (tertiary alicyclic amines) is 1. The fourth-order valence-electron chi connectivity index (χ4n) is 4.39. The highest BCUT2D eigenvalue weighted by atomic mass is 16.6. The van der Waals surface area contributed by atoms with Gasteiger partial charge in [-0.2, -0.15) is 0 Å². The number of nitrogens with zero attached hydrogens (tertiary/aromatic N) is 4. The first-order chi connectivity index (χ1) is 17.6. The van der Waals surface area contributed by atoms with Crippen molar-refractivity contribution in [3.63, 3.8) is 0 Å². The minimum absolute atomic E-state index is 0.0458. The number of ketones is 1. The molecule has 1 aromatic carbocycles. The lowest BCUT2D eigenvalue weighted by Gasteiger charge is -2.27. The van der Waals surface area contributed by atoms with Gasteiger partial charge in [-0.25, -0.2) is 19.6 Å². The Balaban J connectivity index is 1.48. The Morgan fingerprint density at radius 2 is 1.89 bits per heavy atom. The van der Waals surface area contributed by atoms with Crippen molar-refractivity contribution < 1.29 is 23.9 Å². The molecule has 196 valence electrons. The van der Waals surface area contributed by atoms with Gasteiger partial charge in [0, 0.05) is 25.2 Å². The second-order valence-electron chi connectivity index (χ2n) is 10.2. The van der Waals surface area contributed by atoms with E-state index in [0.717, 1.165) is 5.56 Å². The summed E-state index contributed by atoms with van der Waals surface area (Å²) >= 11 is 0. The number of ether oxygens (including phenoxy) is 2. The fourth-order valence-corrected chi connectivity index (χ4v) is 4.39. The van der Waals surface area contributed by atoms with Crippen molar-refractivity contribution in [1.82, 2.24) is 19.9 Å². The number of aromatic amines is 1. The lowest BCUT2D eigenvalue weighted by Crippen LogP contribution is -2.43. The van der Waals surface area contributed by atoms with Crippen molar-refractivity contribution in [3.8, 4) is 0 Å². The number of anilines is 1. The molecular formula is C27H33N5O5. The number of Topliss-reactive ketones (excluding diaryl/α,β-unsaturated/α-hetero) is 1. The van der Waals surface area contributed by atoms with Crippen molar-refractivity contribution in [2.45, 2.75) is 46.3 Å². The van der Waals surface area contributed by atoms with Crippen LogP contribution in [0, 0.1) is 11.8 Å². The van der Waals surface area contributed by atoms with Crippen LogP contribution in [0.25, 0.3) is 11.2 Å². The molecule has 1 N–H and O–H groups in total. The Morgan fingerprint density at radius 1 is 1.14 bits per heavy atom. The van der Waals surface area contributed by atoms with Crippen LogP contribution in [0.3, 0.4) is 0 Å². The van der Waals surface area contributed by atoms with E-state index >= 15 is 0 Å². The monoisotopic (exact) mass is 507 g/mol. The Bertz CT molecular complexity index is 1250. The predicted octanol–water partition coefficient (Wildman–Crippen LogP) is 4.56. The summed E-state index contributed by atoms with van der Waals surface area (Å²) in [4.78, 5) is 54.0. The Morgan fingerprint density at radius 3 is 2.59 bits per heavy atom. The molecule has 2 amide bonds. The van der Waals surface area contributed by atoms with Crippen LogP contribution in [-0.2, 0) is 20.9 Å². The molecule has 37 heavy (non-hydrogen) atoms. The van der Waals surface area contributed by atoms with Crippen LogP contribution in [0.5, 0.6) is 0 Å². The van der Waals surface area contributed by atoms with E-state index in [9.17, 15) is 14.4 Å². The number of H-pyrrole nitrogens is 1. The maximum atomic E-state index is 13.5. The summed E-state index contributed by atoms with van der Waals surface area (Å²) in [6, 6.07) is 11.2. The van der Waals surface area contributed by atoms with E-state index in [1.165, 1.54) is 11.1 Å². The number of carbonyl (C=O) groups is 3. The van der Waals surface area contributed by atoms with Gasteiger partial charge in [-0.1, -0.05) is 43.7 Å². The van der Waals surface area contributed by atoms with Crippen molar-refractivity contribution >= 4 is 35.0 Å². The van der Waals surface area contributed by atoms with E-state index in [1.54, 1.807) is 37.9 Å². The third kappa shape index (κ3) is 6.44. The smallest absolute Gasteiger partial charge is 0.416 e. The number of hydrogen-bond acceptors (Lipinski definition) is 7. The second kappa shape index (κ2) is 11.0. The molecule has 0 saturated carbocycles. The van der Waals surface area contributed by atoms with Crippen molar-refractivity contribution in [2.24, 2.45) is 11.8 Å². The number of benzene rings is 1. The van der Waals surface area contributed by atoms with Gasteiger partial charge in [-0.3, -0.25) is 9.69 Å². The van der Waals surface area contributed by atoms with Crippen LogP contribution in [0.2, 0.25) is 0 Å². The normalized spacial score (nSPS) is 17.6. The summed E-state index contributed by atoms with van der Waals surface area (Å²) in [5.74, 6) is -0.439. The first-order valence-corrected chi connectivity index (χ1v) is 12.4. The molecule has 3 heterocycles. The van der Waals surface area contributed by atoms with Crippen molar-refractivity contribution in [2.75, 3.05) is 24.5 Å². The van der Waals surface area contributed by atoms with Crippen LogP contribution >= 0.6 is 0 Å². The van der Waals surface area contributed by atoms with E-state index in [2.05, 4.69) is 15.0 Å². The summed E-state index contributed by atoms with van der Waals surface area (Å²) in [5, 5.41) is 0. The molecule has 1 fully saturated rings. The van der Waals surface area contributed by atoms with Gasteiger partial charge in [0.1, 0.15) is 17.7 Å². The molecule has 3 aromatic rings. The first kappa shape index (κ1) is 26.1. The number of amides is 2. The number of carbonyl (C=O) groups excluding carboxylic acids is 3. The molecule has 0 radical (unpaired) electrons. The molecule has 1 saturated heterocycles. The molecule has 0 spiro atoms. The zero-order valence-electron chi connectivity index (χ0n) is 21.6. The Labute approximate surface area is 216 Å². The van der Waals surface area contributed by atoms with Gasteiger partial charge in [0.25, 0.3) is 0 Å². The number of hydrogen-bond donors (Lipinski definition) is 1.